The Labute approximate surface area is 170 Å². The van der Waals surface area contributed by atoms with E-state index in [1.807, 2.05) is 37.3 Å². The van der Waals surface area contributed by atoms with E-state index in [1.54, 1.807) is 7.05 Å². The van der Waals surface area contributed by atoms with Gasteiger partial charge in [-0.25, -0.2) is 0 Å². The number of guanidine groups is 1. The van der Waals surface area contributed by atoms with Crippen molar-refractivity contribution >= 4 is 29.9 Å². The van der Waals surface area contributed by atoms with Gasteiger partial charge in [0.2, 0.25) is 0 Å². The van der Waals surface area contributed by atoms with Gasteiger partial charge < -0.3 is 15.4 Å². The van der Waals surface area contributed by atoms with Gasteiger partial charge in [0, 0.05) is 13.1 Å². The molecule has 0 aromatic heterocycles. The molecule has 1 aliphatic rings. The van der Waals surface area contributed by atoms with Gasteiger partial charge >= 0.3 is 6.18 Å². The van der Waals surface area contributed by atoms with E-state index in [1.165, 1.54) is 0 Å². The minimum Gasteiger partial charge on any atom is -0.489 e. The summed E-state index contributed by atoms with van der Waals surface area (Å²) in [5.41, 5.74) is 0. The first-order chi connectivity index (χ1) is 11.9. The lowest BCUT2D eigenvalue weighted by atomic mass is 9.85. The predicted octanol–water partition coefficient (Wildman–Crippen LogP) is 4.36. The lowest BCUT2D eigenvalue weighted by molar-refractivity contribution is -0.182. The Kier molecular flexibility index (Phi) is 9.52. The molecule has 0 spiro atoms. The number of nitrogens with one attached hydrogen (secondary N) is 2. The average molecular weight is 485 g/mol. The fraction of sp³-hybridized carbons (Fsp3) is 0.611. The molecule has 2 rings (SSSR count). The van der Waals surface area contributed by atoms with Gasteiger partial charge in [-0.2, -0.15) is 13.2 Å². The smallest absolute Gasteiger partial charge is 0.391 e. The van der Waals surface area contributed by atoms with Crippen molar-refractivity contribution in [1.29, 1.82) is 0 Å². The molecular weight excluding hydrogens is 458 g/mol. The summed E-state index contributed by atoms with van der Waals surface area (Å²) in [6.45, 7) is 2.49. The Hall–Kier alpha value is -1.19. The van der Waals surface area contributed by atoms with Gasteiger partial charge in [-0.1, -0.05) is 18.2 Å². The van der Waals surface area contributed by atoms with Crippen molar-refractivity contribution in [2.45, 2.75) is 50.9 Å². The molecule has 4 nitrogen and oxygen atoms in total. The number of rotatable bonds is 5. The second kappa shape index (κ2) is 10.8. The molecule has 1 saturated carbocycles. The monoisotopic (exact) mass is 485 g/mol. The van der Waals surface area contributed by atoms with Crippen LogP contribution in [0.3, 0.4) is 0 Å². The van der Waals surface area contributed by atoms with Gasteiger partial charge in [-0.3, -0.25) is 4.99 Å². The van der Waals surface area contributed by atoms with E-state index in [-0.39, 0.29) is 49.0 Å². The van der Waals surface area contributed by atoms with Crippen LogP contribution in [0.15, 0.2) is 35.3 Å². The van der Waals surface area contributed by atoms with Crippen molar-refractivity contribution in [3.63, 3.8) is 0 Å². The summed E-state index contributed by atoms with van der Waals surface area (Å²) in [6, 6.07) is 9.55. The zero-order chi connectivity index (χ0) is 18.3. The van der Waals surface area contributed by atoms with Gasteiger partial charge in [-0.05, 0) is 44.7 Å². The van der Waals surface area contributed by atoms with Crippen molar-refractivity contribution in [1.82, 2.24) is 10.6 Å². The van der Waals surface area contributed by atoms with E-state index in [9.17, 15) is 13.2 Å². The highest BCUT2D eigenvalue weighted by atomic mass is 127. The van der Waals surface area contributed by atoms with Crippen molar-refractivity contribution < 1.29 is 17.9 Å². The van der Waals surface area contributed by atoms with Crippen LogP contribution < -0.4 is 15.4 Å². The number of nitrogens with zero attached hydrogens (tertiary/aromatic N) is 1. The molecule has 1 atom stereocenters. The molecule has 2 N–H and O–H groups in total. The molecular formula is C18H27F3IN3O. The fourth-order valence-electron chi connectivity index (χ4n) is 2.97. The molecule has 1 aromatic rings. The first-order valence-corrected chi connectivity index (χ1v) is 8.64. The highest BCUT2D eigenvalue weighted by Crippen LogP contribution is 2.37. The maximum Gasteiger partial charge on any atom is 0.391 e. The number of alkyl halides is 3. The number of halogens is 4. The Bertz CT molecular complexity index is 546. The number of ether oxygens (including phenoxy) is 1. The molecule has 1 unspecified atom stereocenters. The molecule has 148 valence electrons. The molecule has 8 heteroatoms. The highest BCUT2D eigenvalue weighted by molar-refractivity contribution is 14.0. The van der Waals surface area contributed by atoms with Crippen LogP contribution >= 0.6 is 24.0 Å². The topological polar surface area (TPSA) is 45.7 Å². The van der Waals surface area contributed by atoms with Gasteiger partial charge in [-0.15, -0.1) is 24.0 Å². The van der Waals surface area contributed by atoms with E-state index < -0.39 is 12.1 Å². The minimum absolute atomic E-state index is 0. The summed E-state index contributed by atoms with van der Waals surface area (Å²) in [5, 5.41) is 6.38. The summed E-state index contributed by atoms with van der Waals surface area (Å²) in [6.07, 6.45) is -2.80. The third kappa shape index (κ3) is 7.59. The minimum atomic E-state index is -4.07. The molecule has 0 amide bonds. The quantitative estimate of drug-likeness (QED) is 0.370. The van der Waals surface area contributed by atoms with Crippen LogP contribution in [0.1, 0.15) is 32.6 Å². The normalized spacial score (nSPS) is 22.1. The van der Waals surface area contributed by atoms with Crippen molar-refractivity contribution in [3.8, 4) is 5.75 Å². The van der Waals surface area contributed by atoms with Gasteiger partial charge in [0.05, 0.1) is 12.5 Å². The summed E-state index contributed by atoms with van der Waals surface area (Å²) < 4.78 is 43.9. The summed E-state index contributed by atoms with van der Waals surface area (Å²) in [5.74, 6) is 0.226. The lowest BCUT2D eigenvalue weighted by Crippen LogP contribution is -2.47. The average Bonchev–Trinajstić information content (AvgIpc) is 2.59. The van der Waals surface area contributed by atoms with Crippen LogP contribution in [-0.2, 0) is 0 Å². The summed E-state index contributed by atoms with van der Waals surface area (Å²) >= 11 is 0. The Morgan fingerprint density at radius 1 is 1.19 bits per heavy atom. The van der Waals surface area contributed by atoms with Crippen LogP contribution in [0.25, 0.3) is 0 Å². The second-order valence-corrected chi connectivity index (χ2v) is 6.43. The number of hydrogen-bond donors (Lipinski definition) is 2. The van der Waals surface area contributed by atoms with E-state index in [0.29, 0.717) is 25.3 Å². The van der Waals surface area contributed by atoms with E-state index in [2.05, 4.69) is 15.6 Å². The Balaban J connectivity index is 0.00000338. The first-order valence-electron chi connectivity index (χ1n) is 8.64. The molecule has 26 heavy (non-hydrogen) atoms. The SMILES string of the molecule is CN=C(NCC(C)Oc1ccccc1)NC1CCC(C(F)(F)F)CC1.I. The number of hydrogen-bond acceptors (Lipinski definition) is 2. The van der Waals surface area contributed by atoms with Crippen LogP contribution in [-0.4, -0.2) is 37.9 Å². The fourth-order valence-corrected chi connectivity index (χ4v) is 2.97. The zero-order valence-corrected chi connectivity index (χ0v) is 17.4. The second-order valence-electron chi connectivity index (χ2n) is 6.43. The van der Waals surface area contributed by atoms with Crippen LogP contribution in [0.5, 0.6) is 5.75 Å². The molecule has 0 saturated heterocycles. The number of benzene rings is 1. The molecule has 1 aromatic carbocycles. The largest absolute Gasteiger partial charge is 0.489 e. The van der Waals surface area contributed by atoms with Gasteiger partial charge in [0.1, 0.15) is 11.9 Å². The number of para-hydroxylation sites is 1. The predicted molar refractivity (Wildman–Crippen MR) is 108 cm³/mol. The molecule has 0 aliphatic heterocycles. The molecule has 1 fully saturated rings. The highest BCUT2D eigenvalue weighted by Gasteiger charge is 2.41. The van der Waals surface area contributed by atoms with Crippen molar-refractivity contribution in [3.05, 3.63) is 30.3 Å². The lowest BCUT2D eigenvalue weighted by Gasteiger charge is -2.31. The maximum atomic E-state index is 12.7. The van der Waals surface area contributed by atoms with Crippen LogP contribution in [0, 0.1) is 5.92 Å². The van der Waals surface area contributed by atoms with Gasteiger partial charge in [0.25, 0.3) is 0 Å². The maximum absolute atomic E-state index is 12.7. The molecule has 0 heterocycles. The van der Waals surface area contributed by atoms with E-state index in [4.69, 9.17) is 4.74 Å². The summed E-state index contributed by atoms with van der Waals surface area (Å²) in [7, 11) is 1.65. The standard InChI is InChI=1S/C18H26F3N3O.HI/c1-13(25-16-6-4-3-5-7-16)12-23-17(22-2)24-15-10-8-14(9-11-15)18(19,20)21;/h3-7,13-15H,8-12H2,1-2H3,(H2,22,23,24);1H. The molecule has 1 aliphatic carbocycles. The van der Waals surface area contributed by atoms with Crippen LogP contribution in [0.2, 0.25) is 0 Å². The first kappa shape index (κ1) is 22.9. The van der Waals surface area contributed by atoms with Crippen LogP contribution in [0.4, 0.5) is 13.2 Å². The Morgan fingerprint density at radius 3 is 2.35 bits per heavy atom. The van der Waals surface area contributed by atoms with E-state index >= 15 is 0 Å². The Morgan fingerprint density at radius 2 is 1.81 bits per heavy atom. The van der Waals surface area contributed by atoms with Crippen molar-refractivity contribution in [2.75, 3.05) is 13.6 Å². The summed E-state index contributed by atoms with van der Waals surface area (Å²) in [4.78, 5) is 4.15. The zero-order valence-electron chi connectivity index (χ0n) is 15.1. The van der Waals surface area contributed by atoms with Gasteiger partial charge in [0.15, 0.2) is 5.96 Å². The third-order valence-electron chi connectivity index (χ3n) is 4.39. The third-order valence-corrected chi connectivity index (χ3v) is 4.39. The molecule has 0 radical (unpaired) electrons. The number of aliphatic imine (C=N–C) groups is 1. The molecule has 0 bridgehead atoms. The van der Waals surface area contributed by atoms with Crippen molar-refractivity contribution in [2.24, 2.45) is 10.9 Å². The van der Waals surface area contributed by atoms with E-state index in [0.717, 1.165) is 5.75 Å².